The van der Waals surface area contributed by atoms with Gasteiger partial charge in [-0.25, -0.2) is 0 Å². The third-order valence-corrected chi connectivity index (χ3v) is 6.16. The van der Waals surface area contributed by atoms with E-state index in [-0.39, 0.29) is 18.3 Å². The predicted octanol–water partition coefficient (Wildman–Crippen LogP) is 6.99. The lowest BCUT2D eigenvalue weighted by atomic mass is 9.87. The van der Waals surface area contributed by atoms with Crippen LogP contribution in [-0.2, 0) is 16.1 Å². The molecule has 34 heavy (non-hydrogen) atoms. The Labute approximate surface area is 199 Å². The molecule has 0 amide bonds. The number of aromatic amines is 1. The largest absolute Gasteiger partial charge is 0.489 e. The second kappa shape index (κ2) is 9.84. The molecule has 1 atom stereocenters. The summed E-state index contributed by atoms with van der Waals surface area (Å²) in [7, 11) is 0. The number of nitrogens with one attached hydrogen (secondary N) is 1. The Morgan fingerprint density at radius 3 is 2.50 bits per heavy atom. The fraction of sp³-hybridized carbons (Fsp3) is 0.167. The average molecular weight is 450 g/mol. The van der Waals surface area contributed by atoms with Crippen molar-refractivity contribution in [3.63, 3.8) is 0 Å². The number of hydrogen-bond donors (Lipinski definition) is 1. The van der Waals surface area contributed by atoms with E-state index in [9.17, 15) is 4.79 Å². The zero-order valence-electron chi connectivity index (χ0n) is 19.2. The Morgan fingerprint density at radius 2 is 1.68 bits per heavy atom. The van der Waals surface area contributed by atoms with Crippen molar-refractivity contribution < 1.29 is 14.3 Å². The summed E-state index contributed by atoms with van der Waals surface area (Å²) in [6.45, 7) is 2.73. The summed E-state index contributed by atoms with van der Waals surface area (Å²) in [5, 5.41) is 3.42. The number of carbonyl (C=O) groups is 1. The number of esters is 1. The van der Waals surface area contributed by atoms with Gasteiger partial charge in [0.1, 0.15) is 12.4 Å². The van der Waals surface area contributed by atoms with Gasteiger partial charge in [-0.1, -0.05) is 72.8 Å². The molecular formula is C30H27NO3. The normalized spacial score (nSPS) is 12.0. The van der Waals surface area contributed by atoms with E-state index in [4.69, 9.17) is 9.47 Å². The second-order valence-electron chi connectivity index (χ2n) is 8.39. The molecule has 4 aromatic carbocycles. The first-order valence-corrected chi connectivity index (χ1v) is 11.6. The Balaban J connectivity index is 1.47. The van der Waals surface area contributed by atoms with E-state index in [1.54, 1.807) is 0 Å². The highest BCUT2D eigenvalue weighted by molar-refractivity contribution is 5.88. The van der Waals surface area contributed by atoms with Gasteiger partial charge in [0.2, 0.25) is 0 Å². The van der Waals surface area contributed by atoms with Crippen LogP contribution in [0.25, 0.3) is 21.7 Å². The lowest BCUT2D eigenvalue weighted by molar-refractivity contribution is -0.143. The minimum Gasteiger partial charge on any atom is -0.489 e. The van der Waals surface area contributed by atoms with Crippen LogP contribution in [0.2, 0.25) is 0 Å². The fourth-order valence-electron chi connectivity index (χ4n) is 4.47. The van der Waals surface area contributed by atoms with Crippen LogP contribution < -0.4 is 4.74 Å². The zero-order valence-corrected chi connectivity index (χ0v) is 19.2. The second-order valence-corrected chi connectivity index (χ2v) is 8.39. The highest BCUT2D eigenvalue weighted by Gasteiger charge is 2.22. The molecule has 0 fully saturated rings. The van der Waals surface area contributed by atoms with E-state index in [2.05, 4.69) is 53.5 Å². The van der Waals surface area contributed by atoms with Crippen LogP contribution in [0.5, 0.6) is 5.75 Å². The predicted molar refractivity (Wildman–Crippen MR) is 136 cm³/mol. The van der Waals surface area contributed by atoms with Gasteiger partial charge in [0, 0.05) is 29.1 Å². The van der Waals surface area contributed by atoms with Crippen molar-refractivity contribution in [2.45, 2.75) is 25.9 Å². The quantitative estimate of drug-likeness (QED) is 0.260. The molecule has 0 bridgehead atoms. The molecule has 0 saturated carbocycles. The summed E-state index contributed by atoms with van der Waals surface area (Å²) in [6, 6.07) is 30.9. The van der Waals surface area contributed by atoms with Crippen LogP contribution in [0.1, 0.15) is 36.0 Å². The van der Waals surface area contributed by atoms with Gasteiger partial charge in [-0.05, 0) is 46.5 Å². The maximum atomic E-state index is 12.5. The van der Waals surface area contributed by atoms with Gasteiger partial charge >= 0.3 is 5.97 Å². The molecule has 5 aromatic rings. The summed E-state index contributed by atoms with van der Waals surface area (Å²) < 4.78 is 11.3. The van der Waals surface area contributed by atoms with Crippen molar-refractivity contribution in [2.24, 2.45) is 0 Å². The molecular weight excluding hydrogens is 422 g/mol. The summed E-state index contributed by atoms with van der Waals surface area (Å²) in [6.07, 6.45) is 2.29. The Bertz CT molecular complexity index is 1420. The number of rotatable bonds is 8. The van der Waals surface area contributed by atoms with Gasteiger partial charge in [0.25, 0.3) is 0 Å². The molecule has 0 aliphatic rings. The highest BCUT2D eigenvalue weighted by Crippen LogP contribution is 2.36. The summed E-state index contributed by atoms with van der Waals surface area (Å²) >= 11 is 0. The first-order chi connectivity index (χ1) is 16.7. The van der Waals surface area contributed by atoms with Crippen LogP contribution >= 0.6 is 0 Å². The molecule has 0 saturated heterocycles. The topological polar surface area (TPSA) is 51.3 Å². The van der Waals surface area contributed by atoms with E-state index in [0.717, 1.165) is 38.7 Å². The van der Waals surface area contributed by atoms with E-state index < -0.39 is 0 Å². The third kappa shape index (κ3) is 4.67. The molecule has 5 rings (SSSR count). The monoisotopic (exact) mass is 449 g/mol. The van der Waals surface area contributed by atoms with Crippen molar-refractivity contribution in [3.05, 3.63) is 114 Å². The minimum atomic E-state index is -0.196. The maximum Gasteiger partial charge on any atom is 0.306 e. The molecule has 1 unspecified atom stereocenters. The van der Waals surface area contributed by atoms with Gasteiger partial charge in [-0.15, -0.1) is 0 Å². The van der Waals surface area contributed by atoms with Gasteiger partial charge in [-0.3, -0.25) is 4.79 Å². The molecule has 0 spiro atoms. The van der Waals surface area contributed by atoms with Crippen molar-refractivity contribution in [1.82, 2.24) is 4.98 Å². The molecule has 4 heteroatoms. The van der Waals surface area contributed by atoms with Crippen molar-refractivity contribution in [3.8, 4) is 5.75 Å². The molecule has 4 nitrogen and oxygen atoms in total. The summed E-state index contributed by atoms with van der Waals surface area (Å²) in [5.41, 5.74) is 4.28. The van der Waals surface area contributed by atoms with Gasteiger partial charge in [0.05, 0.1) is 13.0 Å². The smallest absolute Gasteiger partial charge is 0.306 e. The van der Waals surface area contributed by atoms with E-state index in [1.165, 1.54) is 5.39 Å². The number of ether oxygens (including phenoxy) is 2. The van der Waals surface area contributed by atoms with Gasteiger partial charge in [0.15, 0.2) is 0 Å². The molecule has 1 heterocycles. The van der Waals surface area contributed by atoms with Gasteiger partial charge in [-0.2, -0.15) is 0 Å². The van der Waals surface area contributed by atoms with Crippen LogP contribution in [0, 0.1) is 0 Å². The molecule has 0 radical (unpaired) electrons. The SMILES string of the molecule is CCOC(=O)CC(c1ccc2ccccc2c1)c1c[nH]c2cc(OCc3ccccc3)ccc12. The molecule has 0 aliphatic heterocycles. The third-order valence-electron chi connectivity index (χ3n) is 6.16. The Kier molecular flexibility index (Phi) is 6.30. The van der Waals surface area contributed by atoms with Crippen LogP contribution in [0.15, 0.2) is 97.2 Å². The van der Waals surface area contributed by atoms with Crippen molar-refractivity contribution >= 4 is 27.6 Å². The Hall–Kier alpha value is -4.05. The molecule has 1 aromatic heterocycles. The zero-order chi connectivity index (χ0) is 23.3. The van der Waals surface area contributed by atoms with Crippen molar-refractivity contribution in [1.29, 1.82) is 0 Å². The lowest BCUT2D eigenvalue weighted by Gasteiger charge is -2.17. The number of fused-ring (bicyclic) bond motifs is 2. The number of benzene rings is 4. The fourth-order valence-corrected chi connectivity index (χ4v) is 4.47. The lowest BCUT2D eigenvalue weighted by Crippen LogP contribution is -2.11. The molecule has 170 valence electrons. The maximum absolute atomic E-state index is 12.5. The molecule has 0 aliphatic carbocycles. The number of carbonyl (C=O) groups excluding carboxylic acids is 1. The first-order valence-electron chi connectivity index (χ1n) is 11.6. The number of hydrogen-bond acceptors (Lipinski definition) is 3. The van der Waals surface area contributed by atoms with Crippen LogP contribution in [-0.4, -0.2) is 17.6 Å². The van der Waals surface area contributed by atoms with E-state index in [1.807, 2.05) is 55.6 Å². The number of aromatic nitrogens is 1. The van der Waals surface area contributed by atoms with Crippen molar-refractivity contribution in [2.75, 3.05) is 6.61 Å². The van der Waals surface area contributed by atoms with Gasteiger partial charge < -0.3 is 14.5 Å². The highest BCUT2D eigenvalue weighted by atomic mass is 16.5. The summed E-state index contributed by atoms with van der Waals surface area (Å²) in [4.78, 5) is 15.9. The van der Waals surface area contributed by atoms with E-state index >= 15 is 0 Å². The van der Waals surface area contributed by atoms with Crippen LogP contribution in [0.4, 0.5) is 0 Å². The Morgan fingerprint density at radius 1 is 0.882 bits per heavy atom. The first kappa shape index (κ1) is 21.8. The average Bonchev–Trinajstić information content (AvgIpc) is 3.29. The summed E-state index contributed by atoms with van der Waals surface area (Å²) in [5.74, 6) is 0.490. The standard InChI is InChI=1S/C30H27NO3/c1-2-33-30(32)18-27(24-13-12-22-10-6-7-11-23(22)16-24)28-19-31-29-17-25(14-15-26(28)29)34-20-21-8-4-3-5-9-21/h3-17,19,27,31H,2,18,20H2,1H3. The minimum absolute atomic E-state index is 0.117. The number of H-pyrrole nitrogens is 1. The van der Waals surface area contributed by atoms with E-state index in [0.29, 0.717) is 13.2 Å². The van der Waals surface area contributed by atoms with Crippen LogP contribution in [0.3, 0.4) is 0 Å². The molecule has 1 N–H and O–H groups in total.